The minimum Gasteiger partial charge on any atom is -0.507 e. The van der Waals surface area contributed by atoms with E-state index in [9.17, 15) is 18.7 Å². The van der Waals surface area contributed by atoms with Crippen LogP contribution in [0.3, 0.4) is 0 Å². The van der Waals surface area contributed by atoms with Crippen molar-refractivity contribution < 1.29 is 23.1 Å². The van der Waals surface area contributed by atoms with Crippen molar-refractivity contribution in [1.29, 1.82) is 0 Å². The van der Waals surface area contributed by atoms with E-state index in [0.717, 1.165) is 12.1 Å². The quantitative estimate of drug-likeness (QED) is 0.597. The van der Waals surface area contributed by atoms with Gasteiger partial charge in [-0.25, -0.2) is 13.2 Å². The first-order chi connectivity index (χ1) is 14.8. The number of benzene rings is 2. The van der Waals surface area contributed by atoms with Gasteiger partial charge >= 0.3 is 0 Å². The minimum atomic E-state index is -1.41. The molecular formula is C21H16ClF3N4O2. The normalized spacial score (nSPS) is 18.4. The van der Waals surface area contributed by atoms with Gasteiger partial charge in [0.15, 0.2) is 17.5 Å². The second kappa shape index (κ2) is 7.00. The van der Waals surface area contributed by atoms with Gasteiger partial charge in [-0.15, -0.1) is 0 Å². The van der Waals surface area contributed by atoms with Gasteiger partial charge in [0.25, 0.3) is 5.91 Å². The summed E-state index contributed by atoms with van der Waals surface area (Å²) in [5.74, 6) is -4.41. The van der Waals surface area contributed by atoms with Crippen LogP contribution in [0.1, 0.15) is 0 Å². The summed E-state index contributed by atoms with van der Waals surface area (Å²) in [6, 6.07) is 2.61. The van der Waals surface area contributed by atoms with Gasteiger partial charge in [0.2, 0.25) is 0 Å². The number of phenolic OH excluding ortho intramolecular Hbond substituents is 1. The zero-order chi connectivity index (χ0) is 22.0. The summed E-state index contributed by atoms with van der Waals surface area (Å²) in [6.07, 6.45) is 1.37. The lowest BCUT2D eigenvalue weighted by Crippen LogP contribution is -2.61. The van der Waals surface area contributed by atoms with Crippen LogP contribution < -0.4 is 15.1 Å². The number of nitrogens with one attached hydrogen (secondary N) is 1. The van der Waals surface area contributed by atoms with Crippen LogP contribution in [0, 0.1) is 17.5 Å². The van der Waals surface area contributed by atoms with Gasteiger partial charge in [0, 0.05) is 37.6 Å². The Morgan fingerprint density at radius 3 is 2.77 bits per heavy atom. The van der Waals surface area contributed by atoms with Gasteiger partial charge in [0.1, 0.15) is 17.3 Å². The summed E-state index contributed by atoms with van der Waals surface area (Å²) in [6.45, 7) is 1.58. The first kappa shape index (κ1) is 19.9. The minimum absolute atomic E-state index is 0.115. The number of hydrogen-bond acceptors (Lipinski definition) is 5. The maximum Gasteiger partial charge on any atom is 0.250 e. The monoisotopic (exact) mass is 448 g/mol. The number of nitrogens with zero attached hydrogens (tertiary/aromatic N) is 3. The average Bonchev–Trinajstić information content (AvgIpc) is 2.76. The molecule has 1 fully saturated rings. The summed E-state index contributed by atoms with van der Waals surface area (Å²) in [7, 11) is 1.62. The number of piperazine rings is 1. The molecule has 1 atom stereocenters. The van der Waals surface area contributed by atoms with Crippen LogP contribution in [0.15, 0.2) is 24.4 Å². The number of rotatable bonds is 1. The highest BCUT2D eigenvalue weighted by molar-refractivity contribution is 6.34. The standard InChI is InChI=1S/C21H16ClF3N4O2/c1-28-12-8-27-19-9(20(12)29-5-4-26-7-13(29)21(28)31)6-10(22)15(18(19)25)16-14(30)3-2-11(23)17(16)24/h2-3,6,8,13,26,30H,4-5,7H2,1H3/t13-/m1/s1. The molecule has 2 N–H and O–H groups in total. The average molecular weight is 449 g/mol. The summed E-state index contributed by atoms with van der Waals surface area (Å²) < 4.78 is 43.9. The molecule has 5 rings (SSSR count). The van der Waals surface area contributed by atoms with Crippen molar-refractivity contribution in [3.8, 4) is 16.9 Å². The van der Waals surface area contributed by atoms with Crippen LogP contribution in [-0.2, 0) is 4.79 Å². The van der Waals surface area contributed by atoms with Crippen LogP contribution in [0.5, 0.6) is 5.75 Å². The van der Waals surface area contributed by atoms with Gasteiger partial charge in [0.05, 0.1) is 28.2 Å². The van der Waals surface area contributed by atoms with E-state index < -0.39 is 40.4 Å². The Kier molecular flexibility index (Phi) is 4.49. The molecule has 0 spiro atoms. The number of carbonyl (C=O) groups is 1. The van der Waals surface area contributed by atoms with Crippen molar-refractivity contribution in [3.63, 3.8) is 0 Å². The molecular weight excluding hydrogens is 433 g/mol. The number of carbonyl (C=O) groups excluding carboxylic acids is 1. The number of likely N-dealkylation sites (N-methyl/N-ethyl adjacent to an activating group) is 1. The molecule has 2 aliphatic heterocycles. The zero-order valence-electron chi connectivity index (χ0n) is 16.2. The Labute approximate surface area is 179 Å². The molecule has 1 saturated heterocycles. The number of fused-ring (bicyclic) bond motifs is 5. The maximum absolute atomic E-state index is 15.6. The highest BCUT2D eigenvalue weighted by Gasteiger charge is 2.39. The molecule has 160 valence electrons. The van der Waals surface area contributed by atoms with Crippen molar-refractivity contribution in [3.05, 3.63) is 46.9 Å². The van der Waals surface area contributed by atoms with Crippen molar-refractivity contribution >= 4 is 39.8 Å². The SMILES string of the molecule is CN1C(=O)[C@H]2CNCCN2c2c1cnc1c(F)c(-c3c(O)ccc(F)c3F)c(Cl)cc21. The highest BCUT2D eigenvalue weighted by atomic mass is 35.5. The Hall–Kier alpha value is -3.04. The third-order valence-corrected chi connectivity index (χ3v) is 6.13. The summed E-state index contributed by atoms with van der Waals surface area (Å²) in [4.78, 5) is 20.3. The molecule has 3 heterocycles. The van der Waals surface area contributed by atoms with E-state index in [4.69, 9.17) is 11.6 Å². The number of phenols is 1. The fraction of sp³-hybridized carbons (Fsp3) is 0.238. The molecule has 6 nitrogen and oxygen atoms in total. The zero-order valence-corrected chi connectivity index (χ0v) is 17.0. The third-order valence-electron chi connectivity index (χ3n) is 5.84. The van der Waals surface area contributed by atoms with E-state index in [1.54, 1.807) is 7.05 Å². The largest absolute Gasteiger partial charge is 0.507 e. The predicted octanol–water partition coefficient (Wildman–Crippen LogP) is 3.43. The Morgan fingerprint density at radius 1 is 1.23 bits per heavy atom. The Bertz CT molecular complexity index is 1270. The van der Waals surface area contributed by atoms with Gasteiger partial charge in [-0.1, -0.05) is 11.6 Å². The fourth-order valence-electron chi connectivity index (χ4n) is 4.33. The van der Waals surface area contributed by atoms with Crippen molar-refractivity contribution in [2.24, 2.45) is 0 Å². The molecule has 2 aromatic carbocycles. The van der Waals surface area contributed by atoms with Crippen LogP contribution in [-0.4, -0.2) is 48.7 Å². The lowest BCUT2D eigenvalue weighted by atomic mass is 9.97. The number of aromatic nitrogens is 1. The number of pyridine rings is 1. The highest BCUT2D eigenvalue weighted by Crippen LogP contribution is 2.46. The summed E-state index contributed by atoms with van der Waals surface area (Å²) >= 11 is 6.34. The molecule has 1 aromatic heterocycles. The first-order valence-corrected chi connectivity index (χ1v) is 9.92. The molecule has 1 amide bonds. The van der Waals surface area contributed by atoms with Gasteiger partial charge in [-0.2, -0.15) is 0 Å². The lowest BCUT2D eigenvalue weighted by Gasteiger charge is -2.44. The molecule has 31 heavy (non-hydrogen) atoms. The van der Waals surface area contributed by atoms with Crippen LogP contribution in [0.25, 0.3) is 22.0 Å². The van der Waals surface area contributed by atoms with Crippen molar-refractivity contribution in [1.82, 2.24) is 10.3 Å². The van der Waals surface area contributed by atoms with E-state index >= 15 is 4.39 Å². The molecule has 3 aromatic rings. The summed E-state index contributed by atoms with van der Waals surface area (Å²) in [5, 5.41) is 13.4. The van der Waals surface area contributed by atoms with E-state index in [0.29, 0.717) is 36.4 Å². The Balaban J connectivity index is 1.82. The number of anilines is 2. The van der Waals surface area contributed by atoms with Gasteiger partial charge in [-0.05, 0) is 18.2 Å². The molecule has 10 heteroatoms. The van der Waals surface area contributed by atoms with E-state index in [2.05, 4.69) is 10.3 Å². The van der Waals surface area contributed by atoms with Crippen LogP contribution >= 0.6 is 11.6 Å². The topological polar surface area (TPSA) is 68.7 Å². The second-order valence-corrected chi connectivity index (χ2v) is 7.91. The van der Waals surface area contributed by atoms with Crippen molar-refractivity contribution in [2.75, 3.05) is 36.5 Å². The predicted molar refractivity (Wildman–Crippen MR) is 111 cm³/mol. The third kappa shape index (κ3) is 2.76. The number of aromatic hydroxyl groups is 1. The lowest BCUT2D eigenvalue weighted by molar-refractivity contribution is -0.120. The smallest absolute Gasteiger partial charge is 0.250 e. The fourth-order valence-corrected chi connectivity index (χ4v) is 4.62. The molecule has 0 radical (unpaired) electrons. The van der Waals surface area contributed by atoms with Gasteiger partial charge < -0.3 is 20.2 Å². The van der Waals surface area contributed by atoms with Crippen molar-refractivity contribution in [2.45, 2.75) is 6.04 Å². The Morgan fingerprint density at radius 2 is 2.00 bits per heavy atom. The second-order valence-electron chi connectivity index (χ2n) is 7.50. The molecule has 0 unspecified atom stereocenters. The molecule has 0 saturated carbocycles. The molecule has 0 bridgehead atoms. The van der Waals surface area contributed by atoms with E-state index in [1.165, 1.54) is 17.2 Å². The maximum atomic E-state index is 15.6. The molecule has 2 aliphatic rings. The van der Waals surface area contributed by atoms with Gasteiger partial charge in [-0.3, -0.25) is 9.78 Å². The van der Waals surface area contributed by atoms with Crippen LogP contribution in [0.2, 0.25) is 5.02 Å². The number of amides is 1. The number of halogens is 4. The van der Waals surface area contributed by atoms with E-state index in [1.807, 2.05) is 4.90 Å². The van der Waals surface area contributed by atoms with Crippen LogP contribution in [0.4, 0.5) is 24.5 Å². The summed E-state index contributed by atoms with van der Waals surface area (Å²) in [5.41, 5.74) is -0.181. The van der Waals surface area contributed by atoms with E-state index in [-0.39, 0.29) is 16.4 Å². The number of hydrogen-bond donors (Lipinski definition) is 2. The first-order valence-electron chi connectivity index (χ1n) is 9.54. The molecule has 0 aliphatic carbocycles.